The largest absolute Gasteiger partial charge is 0.344 e. The fraction of sp³-hybridized carbons (Fsp3) is 0.312. The first-order valence-electron chi connectivity index (χ1n) is 6.43. The maximum atomic E-state index is 12.4. The average Bonchev–Trinajstić information content (AvgIpc) is 2.72. The van der Waals surface area contributed by atoms with Crippen LogP contribution in [0.2, 0.25) is 0 Å². The molecule has 1 aromatic carbocycles. The van der Waals surface area contributed by atoms with E-state index in [0.717, 1.165) is 11.4 Å². The summed E-state index contributed by atoms with van der Waals surface area (Å²) in [4.78, 5) is 14.2. The second-order valence-corrected chi connectivity index (χ2v) is 5.01. The molecule has 0 aliphatic rings. The third-order valence-electron chi connectivity index (χ3n) is 3.61. The lowest BCUT2D eigenvalue weighted by atomic mass is 10.1. The minimum Gasteiger partial charge on any atom is -0.344 e. The highest BCUT2D eigenvalue weighted by Crippen LogP contribution is 2.13. The zero-order chi connectivity index (χ0) is 14.0. The van der Waals surface area contributed by atoms with Crippen LogP contribution in [0.15, 0.2) is 36.4 Å². The molecule has 2 rings (SSSR count). The molecule has 0 fully saturated rings. The van der Waals surface area contributed by atoms with E-state index in [1.165, 1.54) is 11.1 Å². The number of hydrogen-bond donors (Lipinski definition) is 0. The number of carbonyl (C=O) groups excluding carboxylic acids is 1. The van der Waals surface area contributed by atoms with Crippen LogP contribution in [0.25, 0.3) is 0 Å². The van der Waals surface area contributed by atoms with Crippen molar-refractivity contribution in [3.63, 3.8) is 0 Å². The van der Waals surface area contributed by atoms with E-state index < -0.39 is 0 Å². The van der Waals surface area contributed by atoms with Gasteiger partial charge in [0.05, 0.1) is 0 Å². The van der Waals surface area contributed by atoms with Gasteiger partial charge in [0, 0.05) is 26.3 Å². The van der Waals surface area contributed by atoms with Crippen LogP contribution in [0, 0.1) is 13.8 Å². The summed E-state index contributed by atoms with van der Waals surface area (Å²) in [5.74, 6) is 0.0545. The van der Waals surface area contributed by atoms with Gasteiger partial charge >= 0.3 is 0 Å². The van der Waals surface area contributed by atoms with Crippen molar-refractivity contribution in [2.24, 2.45) is 7.05 Å². The Morgan fingerprint density at radius 1 is 1.16 bits per heavy atom. The van der Waals surface area contributed by atoms with Crippen LogP contribution >= 0.6 is 0 Å². The number of amides is 1. The number of carbonyl (C=O) groups is 1. The van der Waals surface area contributed by atoms with Crippen LogP contribution in [0.3, 0.4) is 0 Å². The van der Waals surface area contributed by atoms with Gasteiger partial charge in [0.15, 0.2) is 0 Å². The fourth-order valence-corrected chi connectivity index (χ4v) is 2.14. The van der Waals surface area contributed by atoms with E-state index in [-0.39, 0.29) is 5.91 Å². The number of hydrogen-bond acceptors (Lipinski definition) is 1. The van der Waals surface area contributed by atoms with Gasteiger partial charge in [0.2, 0.25) is 0 Å². The van der Waals surface area contributed by atoms with E-state index in [2.05, 4.69) is 19.1 Å². The number of nitrogens with zero attached hydrogens (tertiary/aromatic N) is 2. The molecule has 1 aromatic heterocycles. The van der Waals surface area contributed by atoms with Crippen molar-refractivity contribution in [2.75, 3.05) is 7.05 Å². The normalized spacial score (nSPS) is 10.5. The third kappa shape index (κ3) is 2.70. The number of aromatic nitrogens is 1. The lowest BCUT2D eigenvalue weighted by molar-refractivity contribution is 0.0775. The minimum absolute atomic E-state index is 0.0545. The molecule has 1 heterocycles. The van der Waals surface area contributed by atoms with E-state index in [1.807, 2.05) is 49.9 Å². The fourth-order valence-electron chi connectivity index (χ4n) is 2.14. The summed E-state index contributed by atoms with van der Waals surface area (Å²) in [7, 11) is 3.77. The first kappa shape index (κ1) is 13.4. The van der Waals surface area contributed by atoms with E-state index >= 15 is 0 Å². The third-order valence-corrected chi connectivity index (χ3v) is 3.61. The molecular formula is C16H20N2O. The zero-order valence-electron chi connectivity index (χ0n) is 12.0. The van der Waals surface area contributed by atoms with Gasteiger partial charge in [0.25, 0.3) is 5.91 Å². The maximum Gasteiger partial charge on any atom is 0.270 e. The van der Waals surface area contributed by atoms with Crippen LogP contribution in [0.4, 0.5) is 0 Å². The van der Waals surface area contributed by atoms with E-state index in [4.69, 9.17) is 0 Å². The molecule has 0 radical (unpaired) electrons. The van der Waals surface area contributed by atoms with Crippen molar-refractivity contribution in [3.8, 4) is 0 Å². The van der Waals surface area contributed by atoms with Gasteiger partial charge in [-0.05, 0) is 37.1 Å². The first-order chi connectivity index (χ1) is 9.00. The molecule has 0 saturated carbocycles. The summed E-state index contributed by atoms with van der Waals surface area (Å²) < 4.78 is 1.93. The topological polar surface area (TPSA) is 25.2 Å². The zero-order valence-corrected chi connectivity index (χ0v) is 12.0. The van der Waals surface area contributed by atoms with Crippen molar-refractivity contribution < 1.29 is 4.79 Å². The van der Waals surface area contributed by atoms with Gasteiger partial charge < -0.3 is 9.47 Å². The SMILES string of the molecule is Cc1ccccc1CN(C)C(=O)c1ccc(C)n1C. The summed E-state index contributed by atoms with van der Waals surface area (Å²) in [5.41, 5.74) is 4.22. The standard InChI is InChI=1S/C16H20N2O/c1-12-7-5-6-8-14(12)11-17(3)16(19)15-10-9-13(2)18(15)4/h5-10H,11H2,1-4H3. The van der Waals surface area contributed by atoms with Crippen molar-refractivity contribution >= 4 is 5.91 Å². The molecule has 19 heavy (non-hydrogen) atoms. The van der Waals surface area contributed by atoms with Crippen LogP contribution in [-0.4, -0.2) is 22.4 Å². The molecule has 0 aliphatic carbocycles. The maximum absolute atomic E-state index is 12.4. The molecule has 1 amide bonds. The number of rotatable bonds is 3. The summed E-state index contributed by atoms with van der Waals surface area (Å²) in [6.07, 6.45) is 0. The van der Waals surface area contributed by atoms with E-state index in [0.29, 0.717) is 6.54 Å². The Morgan fingerprint density at radius 2 is 1.84 bits per heavy atom. The second kappa shape index (κ2) is 5.31. The smallest absolute Gasteiger partial charge is 0.270 e. The molecular weight excluding hydrogens is 236 g/mol. The lowest BCUT2D eigenvalue weighted by Crippen LogP contribution is -2.28. The Balaban J connectivity index is 2.17. The Kier molecular flexibility index (Phi) is 3.74. The number of aryl methyl sites for hydroxylation is 2. The minimum atomic E-state index is 0.0545. The van der Waals surface area contributed by atoms with Crippen molar-refractivity contribution in [3.05, 3.63) is 58.9 Å². The van der Waals surface area contributed by atoms with Crippen LogP contribution in [-0.2, 0) is 13.6 Å². The Morgan fingerprint density at radius 3 is 2.42 bits per heavy atom. The molecule has 3 heteroatoms. The molecule has 0 unspecified atom stereocenters. The first-order valence-corrected chi connectivity index (χ1v) is 6.43. The highest BCUT2D eigenvalue weighted by Gasteiger charge is 2.16. The molecule has 100 valence electrons. The molecule has 0 bridgehead atoms. The van der Waals surface area contributed by atoms with Crippen LogP contribution < -0.4 is 0 Å². The summed E-state index contributed by atoms with van der Waals surface area (Å²) in [6.45, 7) is 4.70. The highest BCUT2D eigenvalue weighted by atomic mass is 16.2. The van der Waals surface area contributed by atoms with Gasteiger partial charge in [-0.1, -0.05) is 24.3 Å². The van der Waals surface area contributed by atoms with Gasteiger partial charge in [-0.3, -0.25) is 4.79 Å². The second-order valence-electron chi connectivity index (χ2n) is 5.01. The van der Waals surface area contributed by atoms with E-state index in [9.17, 15) is 4.79 Å². The number of benzene rings is 1. The van der Waals surface area contributed by atoms with Crippen molar-refractivity contribution in [2.45, 2.75) is 20.4 Å². The average molecular weight is 256 g/mol. The summed E-state index contributed by atoms with van der Waals surface area (Å²) >= 11 is 0. The molecule has 0 N–H and O–H groups in total. The Labute approximate surface area is 114 Å². The van der Waals surface area contributed by atoms with Gasteiger partial charge in [0.1, 0.15) is 5.69 Å². The van der Waals surface area contributed by atoms with Crippen LogP contribution in [0.5, 0.6) is 0 Å². The molecule has 3 nitrogen and oxygen atoms in total. The summed E-state index contributed by atoms with van der Waals surface area (Å²) in [5, 5.41) is 0. The Bertz CT molecular complexity index is 599. The summed E-state index contributed by atoms with van der Waals surface area (Å²) in [6, 6.07) is 12.0. The van der Waals surface area contributed by atoms with Crippen molar-refractivity contribution in [1.29, 1.82) is 0 Å². The molecule has 0 spiro atoms. The highest BCUT2D eigenvalue weighted by molar-refractivity contribution is 5.92. The van der Waals surface area contributed by atoms with Crippen LogP contribution in [0.1, 0.15) is 27.3 Å². The predicted octanol–water partition coefficient (Wildman–Crippen LogP) is 2.91. The van der Waals surface area contributed by atoms with Gasteiger partial charge in [-0.15, -0.1) is 0 Å². The lowest BCUT2D eigenvalue weighted by Gasteiger charge is -2.19. The molecule has 2 aromatic rings. The van der Waals surface area contributed by atoms with Gasteiger partial charge in [-0.2, -0.15) is 0 Å². The van der Waals surface area contributed by atoms with Crippen molar-refractivity contribution in [1.82, 2.24) is 9.47 Å². The Hall–Kier alpha value is -2.03. The van der Waals surface area contributed by atoms with Gasteiger partial charge in [-0.25, -0.2) is 0 Å². The van der Waals surface area contributed by atoms with E-state index in [1.54, 1.807) is 4.90 Å². The molecule has 0 aliphatic heterocycles. The predicted molar refractivity (Wildman–Crippen MR) is 77.1 cm³/mol. The quantitative estimate of drug-likeness (QED) is 0.829. The molecule has 0 saturated heterocycles. The monoisotopic (exact) mass is 256 g/mol. The molecule has 0 atom stereocenters.